The molecule has 1 aliphatic heterocycles. The highest BCUT2D eigenvalue weighted by Crippen LogP contribution is 2.43. The summed E-state index contributed by atoms with van der Waals surface area (Å²) in [7, 11) is 0. The van der Waals surface area contributed by atoms with E-state index in [1.165, 1.54) is 12.1 Å². The van der Waals surface area contributed by atoms with Crippen molar-refractivity contribution in [2.24, 2.45) is 0 Å². The van der Waals surface area contributed by atoms with Gasteiger partial charge in [0.2, 0.25) is 0 Å². The van der Waals surface area contributed by atoms with Gasteiger partial charge in [-0.25, -0.2) is 0 Å². The lowest BCUT2D eigenvalue weighted by Crippen LogP contribution is -2.19. The van der Waals surface area contributed by atoms with Crippen LogP contribution < -0.4 is 0 Å². The Kier molecular flexibility index (Phi) is 1.92. The van der Waals surface area contributed by atoms with Crippen LogP contribution >= 0.6 is 0 Å². The largest absolute Gasteiger partial charge is 0.508 e. The Morgan fingerprint density at radius 1 is 1.36 bits per heavy atom. The molecule has 2 nitrogen and oxygen atoms in total. The first-order chi connectivity index (χ1) is 6.48. The number of phenolic OH excluding ortho intramolecular Hbond substituents is 1. The van der Waals surface area contributed by atoms with E-state index in [1.807, 2.05) is 0 Å². The molecule has 76 valence electrons. The molecule has 0 spiro atoms. The van der Waals surface area contributed by atoms with Crippen molar-refractivity contribution in [1.82, 2.24) is 0 Å². The maximum absolute atomic E-state index is 12.4. The van der Waals surface area contributed by atoms with E-state index in [9.17, 15) is 13.2 Å². The first-order valence-corrected chi connectivity index (χ1v) is 3.98. The van der Waals surface area contributed by atoms with E-state index in [1.54, 1.807) is 0 Å². The summed E-state index contributed by atoms with van der Waals surface area (Å²) in [5, 5.41) is 9.06. The van der Waals surface area contributed by atoms with E-state index in [4.69, 9.17) is 5.11 Å². The standard InChI is InChI=1S/C9H7F3O2/c10-9(11,12)8-7-3-6(13)2-1-5(7)4-14-8/h1-3,8,13H,4H2/t8-/m1/s1. The summed E-state index contributed by atoms with van der Waals surface area (Å²) in [6, 6.07) is 3.89. The van der Waals surface area contributed by atoms with E-state index in [2.05, 4.69) is 4.74 Å². The summed E-state index contributed by atoms with van der Waals surface area (Å²) in [6.07, 6.45) is -6.32. The van der Waals surface area contributed by atoms with Crippen molar-refractivity contribution < 1.29 is 23.0 Å². The predicted molar refractivity (Wildman–Crippen MR) is 41.7 cm³/mol. The first-order valence-electron chi connectivity index (χ1n) is 3.98. The predicted octanol–water partition coefficient (Wildman–Crippen LogP) is 2.53. The third-order valence-electron chi connectivity index (χ3n) is 2.11. The van der Waals surface area contributed by atoms with Gasteiger partial charge in [0.05, 0.1) is 6.61 Å². The van der Waals surface area contributed by atoms with Crippen molar-refractivity contribution in [3.05, 3.63) is 29.3 Å². The lowest BCUT2D eigenvalue weighted by atomic mass is 10.0. The molecule has 1 aromatic rings. The highest BCUT2D eigenvalue weighted by molar-refractivity contribution is 5.38. The molecule has 0 aliphatic carbocycles. The van der Waals surface area contributed by atoms with Gasteiger partial charge in [-0.05, 0) is 23.3 Å². The molecule has 0 saturated carbocycles. The Morgan fingerprint density at radius 2 is 2.07 bits per heavy atom. The van der Waals surface area contributed by atoms with Gasteiger partial charge in [0.1, 0.15) is 5.75 Å². The summed E-state index contributed by atoms with van der Waals surface area (Å²) >= 11 is 0. The molecule has 0 radical (unpaired) electrons. The zero-order valence-electron chi connectivity index (χ0n) is 7.01. The third kappa shape index (κ3) is 1.43. The van der Waals surface area contributed by atoms with Crippen LogP contribution in [0.15, 0.2) is 18.2 Å². The second kappa shape index (κ2) is 2.88. The molecular formula is C9H7F3O2. The van der Waals surface area contributed by atoms with Crippen LogP contribution in [-0.2, 0) is 11.3 Å². The van der Waals surface area contributed by atoms with Crippen LogP contribution in [0.5, 0.6) is 5.75 Å². The lowest BCUT2D eigenvalue weighted by Gasteiger charge is -2.14. The molecule has 5 heteroatoms. The molecule has 1 aliphatic rings. The minimum absolute atomic E-state index is 0.0116. The topological polar surface area (TPSA) is 29.5 Å². The fourth-order valence-electron chi connectivity index (χ4n) is 1.49. The lowest BCUT2D eigenvalue weighted by molar-refractivity contribution is -0.219. The first kappa shape index (κ1) is 9.33. The Morgan fingerprint density at radius 3 is 2.71 bits per heavy atom. The minimum Gasteiger partial charge on any atom is -0.508 e. The number of alkyl halides is 3. The summed E-state index contributed by atoms with van der Waals surface area (Å²) < 4.78 is 41.7. The molecule has 0 amide bonds. The maximum atomic E-state index is 12.4. The molecule has 0 unspecified atom stereocenters. The Bertz CT molecular complexity index is 360. The van der Waals surface area contributed by atoms with E-state index in [0.29, 0.717) is 5.56 Å². The molecule has 0 fully saturated rings. The highest BCUT2D eigenvalue weighted by Gasteiger charge is 2.45. The maximum Gasteiger partial charge on any atom is 0.418 e. The van der Waals surface area contributed by atoms with Gasteiger partial charge in [0.25, 0.3) is 0 Å². The summed E-state index contributed by atoms with van der Waals surface area (Å²) in [5.74, 6) is -0.177. The van der Waals surface area contributed by atoms with Crippen LogP contribution in [0.4, 0.5) is 13.2 Å². The average molecular weight is 204 g/mol. The Balaban J connectivity index is 2.43. The van der Waals surface area contributed by atoms with E-state index in [-0.39, 0.29) is 17.9 Å². The van der Waals surface area contributed by atoms with Crippen LogP contribution in [0, 0.1) is 0 Å². The van der Waals surface area contributed by atoms with Crippen LogP contribution in [0.1, 0.15) is 17.2 Å². The number of ether oxygens (including phenoxy) is 1. The molecule has 2 rings (SSSR count). The molecule has 0 bridgehead atoms. The molecule has 0 saturated heterocycles. The molecular weight excluding hydrogens is 197 g/mol. The van der Waals surface area contributed by atoms with Gasteiger partial charge in [-0.2, -0.15) is 13.2 Å². The van der Waals surface area contributed by atoms with Crippen molar-refractivity contribution >= 4 is 0 Å². The number of rotatable bonds is 0. The van der Waals surface area contributed by atoms with Crippen molar-refractivity contribution in [2.45, 2.75) is 18.9 Å². The van der Waals surface area contributed by atoms with Gasteiger partial charge in [0, 0.05) is 0 Å². The van der Waals surface area contributed by atoms with Crippen molar-refractivity contribution in [1.29, 1.82) is 0 Å². The van der Waals surface area contributed by atoms with Crippen molar-refractivity contribution in [3.63, 3.8) is 0 Å². The number of hydrogen-bond acceptors (Lipinski definition) is 2. The fourth-order valence-corrected chi connectivity index (χ4v) is 1.49. The quantitative estimate of drug-likeness (QED) is 0.703. The van der Waals surface area contributed by atoms with E-state index in [0.717, 1.165) is 6.07 Å². The van der Waals surface area contributed by atoms with Gasteiger partial charge in [0.15, 0.2) is 6.10 Å². The number of fused-ring (bicyclic) bond motifs is 1. The van der Waals surface area contributed by atoms with Gasteiger partial charge in [-0.15, -0.1) is 0 Å². The smallest absolute Gasteiger partial charge is 0.418 e. The monoisotopic (exact) mass is 204 g/mol. The van der Waals surface area contributed by atoms with Gasteiger partial charge < -0.3 is 9.84 Å². The number of hydrogen-bond donors (Lipinski definition) is 1. The fraction of sp³-hybridized carbons (Fsp3) is 0.333. The molecule has 1 heterocycles. The van der Waals surface area contributed by atoms with Crippen molar-refractivity contribution in [3.8, 4) is 5.75 Å². The summed E-state index contributed by atoms with van der Waals surface area (Å²) in [4.78, 5) is 0. The van der Waals surface area contributed by atoms with E-state index < -0.39 is 12.3 Å². The molecule has 1 N–H and O–H groups in total. The van der Waals surface area contributed by atoms with Crippen molar-refractivity contribution in [2.75, 3.05) is 0 Å². The highest BCUT2D eigenvalue weighted by atomic mass is 19.4. The van der Waals surface area contributed by atoms with Gasteiger partial charge >= 0.3 is 6.18 Å². The Labute approximate surface area is 77.9 Å². The molecule has 0 aromatic heterocycles. The average Bonchev–Trinajstić information content (AvgIpc) is 2.45. The van der Waals surface area contributed by atoms with Gasteiger partial charge in [-0.3, -0.25) is 0 Å². The zero-order chi connectivity index (χ0) is 10.3. The zero-order valence-corrected chi connectivity index (χ0v) is 7.01. The minimum atomic E-state index is -4.42. The number of aromatic hydroxyl groups is 1. The summed E-state index contributed by atoms with van der Waals surface area (Å²) in [6.45, 7) is -0.0558. The molecule has 1 aromatic carbocycles. The van der Waals surface area contributed by atoms with E-state index >= 15 is 0 Å². The van der Waals surface area contributed by atoms with Crippen LogP contribution in [0.2, 0.25) is 0 Å². The third-order valence-corrected chi connectivity index (χ3v) is 2.11. The van der Waals surface area contributed by atoms with Gasteiger partial charge in [-0.1, -0.05) is 6.07 Å². The van der Waals surface area contributed by atoms with Crippen LogP contribution in [0.25, 0.3) is 0 Å². The van der Waals surface area contributed by atoms with Crippen LogP contribution in [0.3, 0.4) is 0 Å². The number of benzene rings is 1. The number of phenols is 1. The number of halogens is 3. The second-order valence-corrected chi connectivity index (χ2v) is 3.12. The molecule has 1 atom stereocenters. The normalized spacial score (nSPS) is 20.9. The Hall–Kier alpha value is -1.23. The SMILES string of the molecule is Oc1ccc2c(c1)[C@H](C(F)(F)F)OC2. The second-order valence-electron chi connectivity index (χ2n) is 3.12. The van der Waals surface area contributed by atoms with Crippen LogP contribution in [-0.4, -0.2) is 11.3 Å². The summed E-state index contributed by atoms with van der Waals surface area (Å²) in [5.41, 5.74) is 0.489. The molecule has 14 heavy (non-hydrogen) atoms.